The summed E-state index contributed by atoms with van der Waals surface area (Å²) in [5.74, 6) is 0.420. The predicted octanol–water partition coefficient (Wildman–Crippen LogP) is 3.36. The van der Waals surface area contributed by atoms with Crippen molar-refractivity contribution in [3.63, 3.8) is 0 Å². The van der Waals surface area contributed by atoms with Crippen molar-refractivity contribution in [3.05, 3.63) is 51.8 Å². The predicted molar refractivity (Wildman–Crippen MR) is 96.0 cm³/mol. The monoisotopic (exact) mass is 364 g/mol. The number of carbonyl (C=O) groups excluding carboxylic acids is 1. The van der Waals surface area contributed by atoms with Crippen LogP contribution in [-0.4, -0.2) is 35.5 Å². The molecule has 1 aromatic heterocycles. The highest BCUT2D eigenvalue weighted by Crippen LogP contribution is 2.21. The van der Waals surface area contributed by atoms with Crippen LogP contribution in [0.4, 0.5) is 5.95 Å². The number of anilines is 1. The van der Waals surface area contributed by atoms with E-state index in [0.29, 0.717) is 34.7 Å². The molecule has 1 aliphatic rings. The second-order valence-electron chi connectivity index (χ2n) is 5.68. The molecule has 5 nitrogen and oxygen atoms in total. The van der Waals surface area contributed by atoms with Gasteiger partial charge in [-0.25, -0.2) is 9.97 Å². The molecule has 2 heterocycles. The van der Waals surface area contributed by atoms with Crippen molar-refractivity contribution in [2.24, 2.45) is 0 Å². The van der Waals surface area contributed by atoms with Gasteiger partial charge in [-0.05, 0) is 43.0 Å². The Balaban J connectivity index is 1.57. The van der Waals surface area contributed by atoms with Crippen LogP contribution >= 0.6 is 23.2 Å². The molecule has 7 heteroatoms. The second kappa shape index (κ2) is 7.81. The van der Waals surface area contributed by atoms with Crippen molar-refractivity contribution in [1.29, 1.82) is 0 Å². The normalized spacial score (nSPS) is 14.0. The van der Waals surface area contributed by atoms with Crippen molar-refractivity contribution in [2.45, 2.75) is 19.3 Å². The number of halogens is 2. The zero-order valence-electron chi connectivity index (χ0n) is 13.1. The molecule has 1 saturated heterocycles. The van der Waals surface area contributed by atoms with Gasteiger partial charge in [0.2, 0.25) is 5.95 Å². The maximum atomic E-state index is 12.3. The van der Waals surface area contributed by atoms with E-state index in [0.717, 1.165) is 31.5 Å². The molecule has 0 aliphatic carbocycles. The zero-order valence-corrected chi connectivity index (χ0v) is 14.6. The topological polar surface area (TPSA) is 58.1 Å². The minimum absolute atomic E-state index is 0.206. The van der Waals surface area contributed by atoms with E-state index < -0.39 is 0 Å². The number of aromatic nitrogens is 2. The van der Waals surface area contributed by atoms with E-state index in [1.165, 1.54) is 0 Å². The fourth-order valence-electron chi connectivity index (χ4n) is 2.67. The minimum atomic E-state index is -0.206. The Kier molecular flexibility index (Phi) is 5.53. The van der Waals surface area contributed by atoms with Crippen LogP contribution < -0.4 is 10.2 Å². The average molecular weight is 365 g/mol. The smallest absolute Gasteiger partial charge is 0.270 e. The summed E-state index contributed by atoms with van der Waals surface area (Å²) in [5, 5.41) is 4.07. The number of nitrogens with zero attached hydrogens (tertiary/aromatic N) is 3. The number of rotatable bonds is 5. The summed E-state index contributed by atoms with van der Waals surface area (Å²) in [6.07, 6.45) is 4.54. The molecular weight excluding hydrogens is 347 g/mol. The third-order valence-corrected chi connectivity index (χ3v) is 4.55. The molecule has 3 rings (SSSR count). The zero-order chi connectivity index (χ0) is 16.9. The fraction of sp³-hybridized carbons (Fsp3) is 0.353. The molecule has 0 spiro atoms. The first-order chi connectivity index (χ1) is 11.6. The van der Waals surface area contributed by atoms with Crippen LogP contribution in [0.15, 0.2) is 30.5 Å². The Hall–Kier alpha value is -1.85. The lowest BCUT2D eigenvalue weighted by atomic mass is 10.1. The maximum Gasteiger partial charge on any atom is 0.270 e. The van der Waals surface area contributed by atoms with E-state index in [-0.39, 0.29) is 5.91 Å². The average Bonchev–Trinajstić information content (AvgIpc) is 3.11. The molecule has 1 aliphatic heterocycles. The Morgan fingerprint density at radius 1 is 1.21 bits per heavy atom. The van der Waals surface area contributed by atoms with Gasteiger partial charge < -0.3 is 10.2 Å². The molecule has 1 N–H and O–H groups in total. The van der Waals surface area contributed by atoms with E-state index in [4.69, 9.17) is 23.2 Å². The summed E-state index contributed by atoms with van der Waals surface area (Å²) in [6.45, 7) is 2.36. The van der Waals surface area contributed by atoms with Crippen molar-refractivity contribution in [1.82, 2.24) is 15.3 Å². The van der Waals surface area contributed by atoms with Gasteiger partial charge in [-0.15, -0.1) is 0 Å². The lowest BCUT2D eigenvalue weighted by Gasteiger charge is -2.15. The third-order valence-electron chi connectivity index (χ3n) is 3.96. The van der Waals surface area contributed by atoms with E-state index >= 15 is 0 Å². The number of benzene rings is 1. The van der Waals surface area contributed by atoms with E-state index in [1.807, 2.05) is 6.07 Å². The summed E-state index contributed by atoms with van der Waals surface area (Å²) in [6, 6.07) is 6.99. The minimum Gasteiger partial charge on any atom is -0.350 e. The molecule has 2 aromatic rings. The van der Waals surface area contributed by atoms with Crippen molar-refractivity contribution >= 4 is 35.1 Å². The molecule has 1 amide bonds. The van der Waals surface area contributed by atoms with E-state index in [9.17, 15) is 4.79 Å². The van der Waals surface area contributed by atoms with Gasteiger partial charge in [-0.3, -0.25) is 4.79 Å². The Morgan fingerprint density at radius 3 is 2.75 bits per heavy atom. The highest BCUT2D eigenvalue weighted by atomic mass is 35.5. The van der Waals surface area contributed by atoms with Crippen LogP contribution in [0, 0.1) is 0 Å². The van der Waals surface area contributed by atoms with Gasteiger partial charge in [-0.2, -0.15) is 0 Å². The third kappa shape index (κ3) is 4.16. The standard InChI is InChI=1S/C17H18Cl2N4O/c18-13-4-3-12(14(19)11-13)5-7-20-16(24)15-6-8-21-17(22-15)23-9-1-2-10-23/h3-4,6,8,11H,1-2,5,7,9-10H2,(H,20,24). The number of hydrogen-bond donors (Lipinski definition) is 1. The summed E-state index contributed by atoms with van der Waals surface area (Å²) < 4.78 is 0. The molecule has 0 bridgehead atoms. The van der Waals surface area contributed by atoms with Gasteiger partial charge >= 0.3 is 0 Å². The molecule has 1 aromatic carbocycles. The molecule has 0 radical (unpaired) electrons. The summed E-state index contributed by atoms with van der Waals surface area (Å²) in [5.41, 5.74) is 1.33. The Bertz CT molecular complexity index is 732. The molecule has 126 valence electrons. The number of carbonyl (C=O) groups is 1. The van der Waals surface area contributed by atoms with Crippen molar-refractivity contribution in [3.8, 4) is 0 Å². The van der Waals surface area contributed by atoms with Gasteiger partial charge in [0, 0.05) is 35.9 Å². The molecule has 0 saturated carbocycles. The number of hydrogen-bond acceptors (Lipinski definition) is 4. The van der Waals surface area contributed by atoms with Gasteiger partial charge in [0.05, 0.1) is 0 Å². The van der Waals surface area contributed by atoms with Gasteiger partial charge in [0.25, 0.3) is 5.91 Å². The van der Waals surface area contributed by atoms with Crippen LogP contribution in [-0.2, 0) is 6.42 Å². The first-order valence-corrected chi connectivity index (χ1v) is 8.69. The Labute approximate surface area is 151 Å². The molecule has 0 unspecified atom stereocenters. The summed E-state index contributed by atoms with van der Waals surface area (Å²) >= 11 is 12.0. The summed E-state index contributed by atoms with van der Waals surface area (Å²) in [7, 11) is 0. The SMILES string of the molecule is O=C(NCCc1ccc(Cl)cc1Cl)c1ccnc(N2CCCC2)n1. The van der Waals surface area contributed by atoms with Crippen molar-refractivity contribution < 1.29 is 4.79 Å². The quantitative estimate of drug-likeness (QED) is 0.883. The molecule has 1 fully saturated rings. The lowest BCUT2D eigenvalue weighted by Crippen LogP contribution is -2.28. The summed E-state index contributed by atoms with van der Waals surface area (Å²) in [4.78, 5) is 23.0. The maximum absolute atomic E-state index is 12.3. The molecular formula is C17H18Cl2N4O. The van der Waals surface area contributed by atoms with Crippen LogP contribution in [0.3, 0.4) is 0 Å². The highest BCUT2D eigenvalue weighted by molar-refractivity contribution is 6.35. The van der Waals surface area contributed by atoms with Crippen LogP contribution in [0.25, 0.3) is 0 Å². The first kappa shape index (κ1) is 17.0. The van der Waals surface area contributed by atoms with Crippen LogP contribution in [0.1, 0.15) is 28.9 Å². The van der Waals surface area contributed by atoms with E-state index in [1.54, 1.807) is 24.4 Å². The van der Waals surface area contributed by atoms with Crippen LogP contribution in [0.2, 0.25) is 10.0 Å². The van der Waals surface area contributed by atoms with Gasteiger partial charge in [0.1, 0.15) is 5.69 Å². The molecule has 0 atom stereocenters. The first-order valence-electron chi connectivity index (χ1n) is 7.93. The number of nitrogens with one attached hydrogen (secondary N) is 1. The van der Waals surface area contributed by atoms with E-state index in [2.05, 4.69) is 20.2 Å². The Morgan fingerprint density at radius 2 is 2.00 bits per heavy atom. The number of amides is 1. The largest absolute Gasteiger partial charge is 0.350 e. The second-order valence-corrected chi connectivity index (χ2v) is 6.52. The van der Waals surface area contributed by atoms with Crippen molar-refractivity contribution in [2.75, 3.05) is 24.5 Å². The van der Waals surface area contributed by atoms with Gasteiger partial charge in [-0.1, -0.05) is 29.3 Å². The molecule has 24 heavy (non-hydrogen) atoms. The lowest BCUT2D eigenvalue weighted by molar-refractivity contribution is 0.0949. The highest BCUT2D eigenvalue weighted by Gasteiger charge is 2.16. The fourth-order valence-corrected chi connectivity index (χ4v) is 3.17. The van der Waals surface area contributed by atoms with Crippen LogP contribution in [0.5, 0.6) is 0 Å². The van der Waals surface area contributed by atoms with Gasteiger partial charge in [0.15, 0.2) is 0 Å².